The lowest BCUT2D eigenvalue weighted by molar-refractivity contribution is -0.384. The Hall–Kier alpha value is -3.22. The van der Waals surface area contributed by atoms with E-state index in [1.807, 2.05) is 0 Å². The van der Waals surface area contributed by atoms with Crippen molar-refractivity contribution in [3.8, 4) is 11.1 Å². The van der Waals surface area contributed by atoms with Crippen molar-refractivity contribution in [1.29, 1.82) is 0 Å². The van der Waals surface area contributed by atoms with Gasteiger partial charge in [-0.2, -0.15) is 0 Å². The van der Waals surface area contributed by atoms with E-state index in [0.29, 0.717) is 22.2 Å². The third kappa shape index (κ3) is 2.10. The number of non-ortho nitro benzene ring substituents is 1. The molecule has 0 spiro atoms. The molecule has 21 heavy (non-hydrogen) atoms. The van der Waals surface area contributed by atoms with E-state index in [-0.39, 0.29) is 11.4 Å². The molecule has 0 radical (unpaired) electrons. The first kappa shape index (κ1) is 12.8. The monoisotopic (exact) mass is 282 g/mol. The summed E-state index contributed by atoms with van der Waals surface area (Å²) in [5.74, 6) is -0.610. The van der Waals surface area contributed by atoms with Gasteiger partial charge in [0.15, 0.2) is 0 Å². The zero-order chi connectivity index (χ0) is 15.0. The van der Waals surface area contributed by atoms with Crippen LogP contribution in [-0.4, -0.2) is 20.8 Å². The lowest BCUT2D eigenvalue weighted by Gasteiger charge is -2.02. The SMILES string of the molecule is NC(=O)c1[nH]c2cccnc2c1-c1ccc([N+](=O)[O-])cc1. The van der Waals surface area contributed by atoms with E-state index in [2.05, 4.69) is 9.97 Å². The van der Waals surface area contributed by atoms with E-state index in [4.69, 9.17) is 5.73 Å². The van der Waals surface area contributed by atoms with E-state index in [9.17, 15) is 14.9 Å². The van der Waals surface area contributed by atoms with Crippen molar-refractivity contribution < 1.29 is 9.72 Å². The first-order chi connectivity index (χ1) is 10.1. The molecule has 0 saturated carbocycles. The molecule has 0 aliphatic heterocycles. The number of benzene rings is 1. The summed E-state index contributed by atoms with van der Waals surface area (Å²) in [5, 5.41) is 10.7. The van der Waals surface area contributed by atoms with Gasteiger partial charge in [0.25, 0.3) is 11.6 Å². The maximum atomic E-state index is 11.6. The highest BCUT2D eigenvalue weighted by Crippen LogP contribution is 2.31. The fourth-order valence-electron chi connectivity index (χ4n) is 2.24. The van der Waals surface area contributed by atoms with Gasteiger partial charge in [0, 0.05) is 23.9 Å². The number of nitrogens with two attached hydrogens (primary N) is 1. The van der Waals surface area contributed by atoms with Crippen LogP contribution in [0, 0.1) is 10.1 Å². The number of nitro benzene ring substituents is 1. The summed E-state index contributed by atoms with van der Waals surface area (Å²) in [6.45, 7) is 0. The molecule has 0 unspecified atom stereocenters. The predicted molar refractivity (Wildman–Crippen MR) is 76.7 cm³/mol. The first-order valence-electron chi connectivity index (χ1n) is 6.09. The zero-order valence-corrected chi connectivity index (χ0v) is 10.7. The highest BCUT2D eigenvalue weighted by molar-refractivity contribution is 6.07. The summed E-state index contributed by atoms with van der Waals surface area (Å²) in [4.78, 5) is 29.0. The molecule has 0 atom stereocenters. The molecule has 7 nitrogen and oxygen atoms in total. The number of carbonyl (C=O) groups excluding carboxylic acids is 1. The molecule has 0 bridgehead atoms. The summed E-state index contributed by atoms with van der Waals surface area (Å²) in [6, 6.07) is 9.42. The van der Waals surface area contributed by atoms with Gasteiger partial charge in [-0.1, -0.05) is 0 Å². The molecule has 3 N–H and O–H groups in total. The van der Waals surface area contributed by atoms with Gasteiger partial charge in [0.05, 0.1) is 16.0 Å². The van der Waals surface area contributed by atoms with Crippen molar-refractivity contribution in [2.75, 3.05) is 0 Å². The Morgan fingerprint density at radius 3 is 2.57 bits per heavy atom. The van der Waals surface area contributed by atoms with Gasteiger partial charge < -0.3 is 10.7 Å². The first-order valence-corrected chi connectivity index (χ1v) is 6.09. The quantitative estimate of drug-likeness (QED) is 0.566. The van der Waals surface area contributed by atoms with E-state index in [0.717, 1.165) is 0 Å². The second kappa shape index (κ2) is 4.71. The molecule has 1 amide bonds. The average Bonchev–Trinajstić information content (AvgIpc) is 2.87. The van der Waals surface area contributed by atoms with Crippen LogP contribution in [0.3, 0.4) is 0 Å². The second-order valence-corrected chi connectivity index (χ2v) is 4.44. The van der Waals surface area contributed by atoms with Gasteiger partial charge >= 0.3 is 0 Å². The molecular formula is C14H10N4O3. The molecule has 0 saturated heterocycles. The summed E-state index contributed by atoms with van der Waals surface area (Å²) in [5.41, 5.74) is 8.07. The van der Waals surface area contributed by atoms with Crippen LogP contribution in [0.2, 0.25) is 0 Å². The minimum Gasteiger partial charge on any atom is -0.364 e. The molecular weight excluding hydrogens is 272 g/mol. The number of hydrogen-bond acceptors (Lipinski definition) is 4. The number of aromatic amines is 1. The number of hydrogen-bond donors (Lipinski definition) is 2. The molecule has 2 heterocycles. The Labute approximate surface area is 118 Å². The average molecular weight is 282 g/mol. The molecule has 104 valence electrons. The van der Waals surface area contributed by atoms with Gasteiger partial charge in [-0.15, -0.1) is 0 Å². The number of rotatable bonds is 3. The Bertz CT molecular complexity index is 852. The smallest absolute Gasteiger partial charge is 0.269 e. The van der Waals surface area contributed by atoms with Crippen molar-refractivity contribution >= 4 is 22.6 Å². The maximum absolute atomic E-state index is 11.6. The number of nitrogens with one attached hydrogen (secondary N) is 1. The van der Waals surface area contributed by atoms with Crippen molar-refractivity contribution in [2.45, 2.75) is 0 Å². The molecule has 3 rings (SSSR count). The highest BCUT2D eigenvalue weighted by Gasteiger charge is 2.18. The summed E-state index contributed by atoms with van der Waals surface area (Å²) in [6.07, 6.45) is 1.61. The van der Waals surface area contributed by atoms with Crippen molar-refractivity contribution in [3.05, 3.63) is 58.4 Å². The normalized spacial score (nSPS) is 10.7. The van der Waals surface area contributed by atoms with Gasteiger partial charge in [-0.05, 0) is 29.8 Å². The predicted octanol–water partition coefficient (Wildman–Crippen LogP) is 2.24. The molecule has 0 aliphatic carbocycles. The number of H-pyrrole nitrogens is 1. The Kier molecular flexibility index (Phi) is 2.87. The van der Waals surface area contributed by atoms with Crippen LogP contribution in [0.5, 0.6) is 0 Å². The van der Waals surface area contributed by atoms with Crippen LogP contribution in [0.15, 0.2) is 42.6 Å². The minimum atomic E-state index is -0.610. The molecule has 0 aliphatic rings. The third-order valence-corrected chi connectivity index (χ3v) is 3.17. The lowest BCUT2D eigenvalue weighted by Crippen LogP contribution is -2.12. The topological polar surface area (TPSA) is 115 Å². The standard InChI is InChI=1S/C14H10N4O3/c15-14(19)13-11(12-10(17-13)2-1-7-16-12)8-3-5-9(6-4-8)18(20)21/h1-7,17H,(H2,15,19). The lowest BCUT2D eigenvalue weighted by atomic mass is 10.0. The van der Waals surface area contributed by atoms with E-state index >= 15 is 0 Å². The maximum Gasteiger partial charge on any atom is 0.269 e. The number of aromatic nitrogens is 2. The molecule has 2 aromatic heterocycles. The van der Waals surface area contributed by atoms with Crippen LogP contribution in [0.4, 0.5) is 5.69 Å². The Morgan fingerprint density at radius 1 is 1.24 bits per heavy atom. The van der Waals surface area contributed by atoms with E-state index < -0.39 is 10.8 Å². The highest BCUT2D eigenvalue weighted by atomic mass is 16.6. The Balaban J connectivity index is 2.25. The number of fused-ring (bicyclic) bond motifs is 1. The summed E-state index contributed by atoms with van der Waals surface area (Å²) in [7, 11) is 0. The van der Waals surface area contributed by atoms with Crippen LogP contribution in [-0.2, 0) is 0 Å². The summed E-state index contributed by atoms with van der Waals surface area (Å²) >= 11 is 0. The number of primary amides is 1. The molecule has 3 aromatic rings. The third-order valence-electron chi connectivity index (χ3n) is 3.17. The second-order valence-electron chi connectivity index (χ2n) is 4.44. The fourth-order valence-corrected chi connectivity index (χ4v) is 2.24. The molecule has 0 fully saturated rings. The minimum absolute atomic E-state index is 0.0211. The van der Waals surface area contributed by atoms with Crippen LogP contribution >= 0.6 is 0 Å². The number of carbonyl (C=O) groups is 1. The van der Waals surface area contributed by atoms with Crippen molar-refractivity contribution in [2.24, 2.45) is 5.73 Å². The van der Waals surface area contributed by atoms with Gasteiger partial charge in [-0.25, -0.2) is 0 Å². The Morgan fingerprint density at radius 2 is 1.95 bits per heavy atom. The molecule has 7 heteroatoms. The van der Waals surface area contributed by atoms with Gasteiger partial charge in [0.1, 0.15) is 5.69 Å². The molecule has 1 aromatic carbocycles. The fraction of sp³-hybridized carbons (Fsp3) is 0. The number of pyridine rings is 1. The van der Waals surface area contributed by atoms with Crippen molar-refractivity contribution in [1.82, 2.24) is 9.97 Å². The zero-order valence-electron chi connectivity index (χ0n) is 10.7. The van der Waals surface area contributed by atoms with Crippen LogP contribution in [0.25, 0.3) is 22.2 Å². The van der Waals surface area contributed by atoms with E-state index in [1.165, 1.54) is 12.1 Å². The van der Waals surface area contributed by atoms with E-state index in [1.54, 1.807) is 30.5 Å². The largest absolute Gasteiger partial charge is 0.364 e. The van der Waals surface area contributed by atoms with Gasteiger partial charge in [-0.3, -0.25) is 19.9 Å². The summed E-state index contributed by atoms with van der Waals surface area (Å²) < 4.78 is 0. The van der Waals surface area contributed by atoms with Crippen molar-refractivity contribution in [3.63, 3.8) is 0 Å². The number of amides is 1. The van der Waals surface area contributed by atoms with Gasteiger partial charge in [0.2, 0.25) is 0 Å². The van der Waals surface area contributed by atoms with Crippen LogP contribution < -0.4 is 5.73 Å². The number of nitrogens with zero attached hydrogens (tertiary/aromatic N) is 2. The van der Waals surface area contributed by atoms with Crippen LogP contribution in [0.1, 0.15) is 10.5 Å². The number of nitro groups is 1.